The minimum absolute atomic E-state index is 0.0262. The lowest BCUT2D eigenvalue weighted by molar-refractivity contribution is 0.483. The molecule has 8 rings (SSSR count). The van der Waals surface area contributed by atoms with Gasteiger partial charge in [0.05, 0.1) is 28.4 Å². The molecule has 0 aliphatic carbocycles. The molecule has 0 saturated carbocycles. The van der Waals surface area contributed by atoms with E-state index in [-0.39, 0.29) is 10.8 Å². The fourth-order valence-corrected chi connectivity index (χ4v) is 6.52. The van der Waals surface area contributed by atoms with E-state index in [9.17, 15) is 0 Å². The standard InChI is InChI=1S/C37H32N4O/c1-36(2,3)24-18-29-28-16-15-27(42-26-12-8-11-25(20-26)41-32-14-7-6-10-23(32)22-39-41)21-33(28)40-34(29)31(19-24)37(4,5)30-13-9-17-38-35(30)40/h6-22H,1-5H3. The van der Waals surface area contributed by atoms with Gasteiger partial charge in [0.15, 0.2) is 0 Å². The van der Waals surface area contributed by atoms with Crippen molar-refractivity contribution in [1.29, 1.82) is 0 Å². The topological polar surface area (TPSA) is 44.9 Å². The zero-order valence-corrected chi connectivity index (χ0v) is 24.5. The minimum Gasteiger partial charge on any atom is -0.457 e. The average Bonchev–Trinajstić information content (AvgIpc) is 3.55. The molecule has 4 heterocycles. The molecular weight excluding hydrogens is 516 g/mol. The van der Waals surface area contributed by atoms with Gasteiger partial charge in [0, 0.05) is 45.5 Å². The summed E-state index contributed by atoms with van der Waals surface area (Å²) in [6.07, 6.45) is 3.79. The van der Waals surface area contributed by atoms with Gasteiger partial charge in [-0.05, 0) is 59.0 Å². The van der Waals surface area contributed by atoms with Gasteiger partial charge < -0.3 is 4.74 Å². The minimum atomic E-state index is -0.177. The molecule has 206 valence electrons. The SMILES string of the molecule is CC(C)(C)c1cc2c3c(c1)c1ccc(Oc4cccc(-n5ncc6ccccc65)c4)cc1n3-c1ncccc1C2(C)C. The van der Waals surface area contributed by atoms with Crippen molar-refractivity contribution in [1.82, 2.24) is 19.3 Å². The summed E-state index contributed by atoms with van der Waals surface area (Å²) in [4.78, 5) is 4.92. The number of para-hydroxylation sites is 1. The molecule has 0 atom stereocenters. The van der Waals surface area contributed by atoms with Crippen LogP contribution < -0.4 is 4.74 Å². The number of ether oxygens (including phenoxy) is 1. The lowest BCUT2D eigenvalue weighted by Gasteiger charge is -2.35. The van der Waals surface area contributed by atoms with E-state index in [0.29, 0.717) is 0 Å². The first-order valence-electron chi connectivity index (χ1n) is 14.5. The Morgan fingerprint density at radius 2 is 1.57 bits per heavy atom. The van der Waals surface area contributed by atoms with E-state index in [2.05, 4.69) is 98.9 Å². The quantitative estimate of drug-likeness (QED) is 0.221. The van der Waals surface area contributed by atoms with Crippen molar-refractivity contribution >= 4 is 32.7 Å². The first kappa shape index (κ1) is 24.9. The van der Waals surface area contributed by atoms with Crippen LogP contribution in [0, 0.1) is 0 Å². The van der Waals surface area contributed by atoms with E-state index >= 15 is 0 Å². The molecule has 0 spiro atoms. The third-order valence-electron chi connectivity index (χ3n) is 8.82. The summed E-state index contributed by atoms with van der Waals surface area (Å²) in [7, 11) is 0. The van der Waals surface area contributed by atoms with E-state index in [0.717, 1.165) is 39.4 Å². The van der Waals surface area contributed by atoms with Crippen LogP contribution in [0.4, 0.5) is 0 Å². The molecule has 1 aliphatic heterocycles. The fourth-order valence-electron chi connectivity index (χ4n) is 6.52. The molecule has 0 radical (unpaired) electrons. The molecular formula is C37H32N4O. The number of nitrogens with zero attached hydrogens (tertiary/aromatic N) is 4. The highest BCUT2D eigenvalue weighted by molar-refractivity contribution is 6.12. The Kier molecular flexibility index (Phi) is 5.06. The number of hydrogen-bond acceptors (Lipinski definition) is 3. The third-order valence-corrected chi connectivity index (χ3v) is 8.82. The summed E-state index contributed by atoms with van der Waals surface area (Å²) in [5.41, 5.74) is 8.11. The van der Waals surface area contributed by atoms with Crippen LogP contribution in [0.2, 0.25) is 0 Å². The molecule has 3 aromatic heterocycles. The molecule has 0 saturated heterocycles. The van der Waals surface area contributed by atoms with Gasteiger partial charge in [0.2, 0.25) is 0 Å². The van der Waals surface area contributed by atoms with Gasteiger partial charge in [-0.25, -0.2) is 9.67 Å². The van der Waals surface area contributed by atoms with Gasteiger partial charge in [-0.3, -0.25) is 4.57 Å². The Labute approximate surface area is 245 Å². The largest absolute Gasteiger partial charge is 0.457 e. The van der Waals surface area contributed by atoms with Crippen molar-refractivity contribution in [2.45, 2.75) is 45.4 Å². The van der Waals surface area contributed by atoms with Gasteiger partial charge in [-0.15, -0.1) is 0 Å². The summed E-state index contributed by atoms with van der Waals surface area (Å²) in [5, 5.41) is 8.19. The van der Waals surface area contributed by atoms with E-state index in [1.807, 2.05) is 53.5 Å². The second-order valence-electron chi connectivity index (χ2n) is 12.9. The second-order valence-corrected chi connectivity index (χ2v) is 12.9. The van der Waals surface area contributed by atoms with Gasteiger partial charge in [0.25, 0.3) is 0 Å². The Morgan fingerprint density at radius 1 is 0.738 bits per heavy atom. The van der Waals surface area contributed by atoms with Gasteiger partial charge in [0.1, 0.15) is 17.3 Å². The number of pyridine rings is 1. The van der Waals surface area contributed by atoms with Crippen LogP contribution in [0.25, 0.3) is 44.2 Å². The zero-order valence-electron chi connectivity index (χ0n) is 24.5. The van der Waals surface area contributed by atoms with E-state index in [1.54, 1.807) is 0 Å². The highest BCUT2D eigenvalue weighted by atomic mass is 16.5. The molecule has 0 unspecified atom stereocenters. The Balaban J connectivity index is 1.30. The summed E-state index contributed by atoms with van der Waals surface area (Å²) in [6, 6.07) is 31.8. The summed E-state index contributed by atoms with van der Waals surface area (Å²) in [6.45, 7) is 11.5. The van der Waals surface area contributed by atoms with E-state index in [1.165, 1.54) is 33.0 Å². The monoisotopic (exact) mass is 548 g/mol. The summed E-state index contributed by atoms with van der Waals surface area (Å²) in [5.74, 6) is 2.53. The third kappa shape index (κ3) is 3.56. The van der Waals surface area contributed by atoms with E-state index < -0.39 is 0 Å². The normalized spacial score (nSPS) is 14.0. The van der Waals surface area contributed by atoms with E-state index in [4.69, 9.17) is 9.72 Å². The number of benzene rings is 4. The van der Waals surface area contributed by atoms with Crippen molar-refractivity contribution in [2.24, 2.45) is 0 Å². The highest BCUT2D eigenvalue weighted by Crippen LogP contribution is 2.48. The predicted molar refractivity (Wildman–Crippen MR) is 171 cm³/mol. The van der Waals surface area contributed by atoms with Crippen LogP contribution in [0.1, 0.15) is 51.3 Å². The lowest BCUT2D eigenvalue weighted by Crippen LogP contribution is -2.28. The molecule has 0 bridgehead atoms. The number of hydrogen-bond donors (Lipinski definition) is 0. The maximum atomic E-state index is 6.51. The van der Waals surface area contributed by atoms with Gasteiger partial charge >= 0.3 is 0 Å². The molecule has 5 nitrogen and oxygen atoms in total. The van der Waals surface area contributed by atoms with Crippen LogP contribution in [-0.2, 0) is 10.8 Å². The number of rotatable bonds is 3. The first-order valence-corrected chi connectivity index (χ1v) is 14.5. The average molecular weight is 549 g/mol. The van der Waals surface area contributed by atoms with Crippen LogP contribution in [0.5, 0.6) is 11.5 Å². The lowest BCUT2D eigenvalue weighted by atomic mass is 9.73. The van der Waals surface area contributed by atoms with Crippen molar-refractivity contribution in [3.63, 3.8) is 0 Å². The van der Waals surface area contributed by atoms with Crippen molar-refractivity contribution in [3.8, 4) is 23.0 Å². The number of aromatic nitrogens is 4. The Hall–Kier alpha value is -4.90. The van der Waals surface area contributed by atoms with Crippen LogP contribution in [-0.4, -0.2) is 19.3 Å². The molecule has 5 heteroatoms. The smallest absolute Gasteiger partial charge is 0.141 e. The number of fused-ring (bicyclic) bond motifs is 6. The Morgan fingerprint density at radius 3 is 2.43 bits per heavy atom. The molecule has 7 aromatic rings. The molecule has 0 fully saturated rings. The van der Waals surface area contributed by atoms with Crippen molar-refractivity contribution in [3.05, 3.63) is 120 Å². The molecule has 1 aliphatic rings. The maximum absolute atomic E-state index is 6.51. The summed E-state index contributed by atoms with van der Waals surface area (Å²) < 4.78 is 10.8. The van der Waals surface area contributed by atoms with Gasteiger partial charge in [-0.2, -0.15) is 5.10 Å². The second kappa shape index (κ2) is 8.56. The first-order chi connectivity index (χ1) is 20.2. The molecule has 4 aromatic carbocycles. The molecule has 42 heavy (non-hydrogen) atoms. The van der Waals surface area contributed by atoms with Gasteiger partial charge in [-0.1, -0.05) is 71.0 Å². The highest BCUT2D eigenvalue weighted by Gasteiger charge is 2.37. The van der Waals surface area contributed by atoms with Crippen molar-refractivity contribution < 1.29 is 4.74 Å². The predicted octanol–water partition coefficient (Wildman–Crippen LogP) is 9.25. The summed E-state index contributed by atoms with van der Waals surface area (Å²) >= 11 is 0. The maximum Gasteiger partial charge on any atom is 0.141 e. The van der Waals surface area contributed by atoms with Crippen LogP contribution in [0.15, 0.2) is 103 Å². The molecule has 0 amide bonds. The molecule has 0 N–H and O–H groups in total. The fraction of sp³-hybridized carbons (Fsp3) is 0.189. The van der Waals surface area contributed by atoms with Crippen LogP contribution in [0.3, 0.4) is 0 Å². The van der Waals surface area contributed by atoms with Crippen LogP contribution >= 0.6 is 0 Å². The Bertz CT molecular complexity index is 2190. The zero-order chi connectivity index (χ0) is 28.8. The van der Waals surface area contributed by atoms with Crippen molar-refractivity contribution in [2.75, 3.05) is 0 Å².